The Hall–Kier alpha value is -2.74. The van der Waals surface area contributed by atoms with Crippen molar-refractivity contribution < 1.29 is 9.53 Å². The molecule has 3 aromatic rings. The number of halogens is 1. The summed E-state index contributed by atoms with van der Waals surface area (Å²) in [6.07, 6.45) is 0.273. The maximum atomic E-state index is 12.4. The van der Waals surface area contributed by atoms with Crippen LogP contribution in [-0.4, -0.2) is 32.7 Å². The number of hydrogen-bond donors (Lipinski definition) is 1. The molecule has 0 saturated heterocycles. The monoisotopic (exact) mass is 429 g/mol. The quantitative estimate of drug-likeness (QED) is 0.623. The fourth-order valence-corrected chi connectivity index (χ4v) is 3.06. The largest absolute Gasteiger partial charge is 0.494 e. The molecule has 0 aliphatic rings. The van der Waals surface area contributed by atoms with Crippen LogP contribution in [0.25, 0.3) is 5.69 Å². The lowest BCUT2D eigenvalue weighted by atomic mass is 10.1. The van der Waals surface area contributed by atoms with Crippen LogP contribution in [0.2, 0.25) is 0 Å². The molecule has 140 valence electrons. The van der Waals surface area contributed by atoms with Gasteiger partial charge in [-0.2, -0.15) is 4.68 Å². The minimum atomic E-state index is -0.339. The third kappa shape index (κ3) is 4.91. The predicted molar refractivity (Wildman–Crippen MR) is 105 cm³/mol. The smallest absolute Gasteiger partial charge is 0.224 e. The number of aromatic nitrogens is 4. The minimum Gasteiger partial charge on any atom is -0.494 e. The van der Waals surface area contributed by atoms with E-state index in [-0.39, 0.29) is 18.4 Å². The molecule has 7 nitrogen and oxygen atoms in total. The van der Waals surface area contributed by atoms with Gasteiger partial charge >= 0.3 is 0 Å². The van der Waals surface area contributed by atoms with Gasteiger partial charge in [-0.15, -0.1) is 5.10 Å². The predicted octanol–water partition coefficient (Wildman–Crippen LogP) is 3.24. The number of nitrogens with one attached hydrogen (secondary N) is 1. The van der Waals surface area contributed by atoms with Crippen LogP contribution in [0.4, 0.5) is 0 Å². The summed E-state index contributed by atoms with van der Waals surface area (Å²) in [7, 11) is 0. The molecule has 0 bridgehead atoms. The van der Waals surface area contributed by atoms with E-state index in [1.54, 1.807) is 4.68 Å². The zero-order valence-corrected chi connectivity index (χ0v) is 16.7. The van der Waals surface area contributed by atoms with E-state index >= 15 is 0 Å². The van der Waals surface area contributed by atoms with Crippen LogP contribution in [0, 0.1) is 0 Å². The highest BCUT2D eigenvalue weighted by Gasteiger charge is 2.18. The zero-order chi connectivity index (χ0) is 19.2. The average Bonchev–Trinajstić information content (AvgIpc) is 3.13. The van der Waals surface area contributed by atoms with Crippen LogP contribution in [0.3, 0.4) is 0 Å². The molecule has 27 heavy (non-hydrogen) atoms. The number of amides is 1. The first kappa shape index (κ1) is 19.0. The van der Waals surface area contributed by atoms with Crippen molar-refractivity contribution in [3.05, 3.63) is 64.4 Å². The summed E-state index contributed by atoms with van der Waals surface area (Å²) in [5.74, 6) is 1.26. The van der Waals surface area contributed by atoms with E-state index in [1.165, 1.54) is 0 Å². The Morgan fingerprint density at radius 1 is 1.26 bits per heavy atom. The molecule has 0 saturated carbocycles. The fraction of sp³-hybridized carbons (Fsp3) is 0.263. The molecule has 0 fully saturated rings. The van der Waals surface area contributed by atoms with Crippen LogP contribution < -0.4 is 10.1 Å². The number of rotatable bonds is 7. The lowest BCUT2D eigenvalue weighted by Gasteiger charge is -2.14. The minimum absolute atomic E-state index is 0.101. The van der Waals surface area contributed by atoms with Crippen LogP contribution >= 0.6 is 15.9 Å². The summed E-state index contributed by atoms with van der Waals surface area (Å²) in [5, 5.41) is 14.8. The molecule has 0 aliphatic heterocycles. The number of ether oxygens (including phenoxy) is 1. The molecule has 0 spiro atoms. The lowest BCUT2D eigenvalue weighted by molar-refractivity contribution is -0.121. The van der Waals surface area contributed by atoms with E-state index in [2.05, 4.69) is 36.8 Å². The van der Waals surface area contributed by atoms with Gasteiger partial charge in [0, 0.05) is 4.47 Å². The Morgan fingerprint density at radius 2 is 2.04 bits per heavy atom. The van der Waals surface area contributed by atoms with Gasteiger partial charge in [-0.25, -0.2) is 0 Å². The summed E-state index contributed by atoms with van der Waals surface area (Å²) in [6, 6.07) is 14.8. The van der Waals surface area contributed by atoms with Gasteiger partial charge in [0.15, 0.2) is 5.82 Å². The van der Waals surface area contributed by atoms with E-state index in [9.17, 15) is 4.79 Å². The van der Waals surface area contributed by atoms with E-state index in [0.717, 1.165) is 21.5 Å². The van der Waals surface area contributed by atoms with Gasteiger partial charge in [0.05, 0.1) is 24.8 Å². The van der Waals surface area contributed by atoms with Gasteiger partial charge in [-0.05, 0) is 60.2 Å². The first-order valence-corrected chi connectivity index (χ1v) is 9.41. The molecule has 0 aliphatic carbocycles. The highest BCUT2D eigenvalue weighted by atomic mass is 79.9. The number of tetrazole rings is 1. The zero-order valence-electron chi connectivity index (χ0n) is 15.1. The SMILES string of the molecule is CCOc1ccc(CC(=O)NC(C)c2nnnn2-c2cccc(Br)c2)cc1. The number of hydrogen-bond acceptors (Lipinski definition) is 5. The van der Waals surface area contributed by atoms with E-state index < -0.39 is 0 Å². The van der Waals surface area contributed by atoms with Crippen molar-refractivity contribution in [3.63, 3.8) is 0 Å². The van der Waals surface area contributed by atoms with Crippen molar-refractivity contribution in [2.45, 2.75) is 26.3 Å². The molecule has 1 aromatic heterocycles. The van der Waals surface area contributed by atoms with Crippen LogP contribution in [0.15, 0.2) is 53.0 Å². The van der Waals surface area contributed by atoms with Gasteiger partial charge < -0.3 is 10.1 Å². The number of benzene rings is 2. The lowest BCUT2D eigenvalue weighted by Crippen LogP contribution is -2.30. The summed E-state index contributed by atoms with van der Waals surface area (Å²) in [4.78, 5) is 12.4. The second kappa shape index (κ2) is 8.77. The van der Waals surface area contributed by atoms with E-state index in [4.69, 9.17) is 4.74 Å². The van der Waals surface area contributed by atoms with Crippen molar-refractivity contribution in [2.24, 2.45) is 0 Å². The Balaban J connectivity index is 1.66. The van der Waals surface area contributed by atoms with Crippen molar-refractivity contribution in [1.29, 1.82) is 0 Å². The van der Waals surface area contributed by atoms with Crippen molar-refractivity contribution in [1.82, 2.24) is 25.5 Å². The van der Waals surface area contributed by atoms with Crippen molar-refractivity contribution in [3.8, 4) is 11.4 Å². The molecule has 1 N–H and O–H groups in total. The molecule has 0 radical (unpaired) electrons. The number of carbonyl (C=O) groups is 1. The van der Waals surface area contributed by atoms with Crippen molar-refractivity contribution >= 4 is 21.8 Å². The van der Waals surface area contributed by atoms with E-state index in [1.807, 2.05) is 62.4 Å². The standard InChI is InChI=1S/C19H20BrN5O2/c1-3-27-17-9-7-14(8-10-17)11-18(26)21-13(2)19-22-23-24-25(19)16-6-4-5-15(20)12-16/h4-10,12-13H,3,11H2,1-2H3,(H,21,26). The maximum absolute atomic E-state index is 12.4. The third-order valence-electron chi connectivity index (χ3n) is 3.91. The highest BCUT2D eigenvalue weighted by Crippen LogP contribution is 2.18. The molecule has 1 atom stereocenters. The van der Waals surface area contributed by atoms with Gasteiger partial charge in [-0.3, -0.25) is 4.79 Å². The Kier molecular flexibility index (Phi) is 6.18. The molecule has 1 amide bonds. The number of nitrogens with zero attached hydrogens (tertiary/aromatic N) is 4. The number of carbonyl (C=O) groups excluding carboxylic acids is 1. The molecule has 1 heterocycles. The van der Waals surface area contributed by atoms with Crippen LogP contribution in [-0.2, 0) is 11.2 Å². The maximum Gasteiger partial charge on any atom is 0.224 e. The van der Waals surface area contributed by atoms with Gasteiger partial charge in [0.2, 0.25) is 5.91 Å². The molecular weight excluding hydrogens is 410 g/mol. The second-order valence-corrected chi connectivity index (χ2v) is 6.89. The molecule has 2 aromatic carbocycles. The second-order valence-electron chi connectivity index (χ2n) is 5.97. The third-order valence-corrected chi connectivity index (χ3v) is 4.40. The average molecular weight is 430 g/mol. The van der Waals surface area contributed by atoms with Gasteiger partial charge in [-0.1, -0.05) is 34.1 Å². The first-order chi connectivity index (χ1) is 13.1. The van der Waals surface area contributed by atoms with Gasteiger partial charge in [0.25, 0.3) is 0 Å². The van der Waals surface area contributed by atoms with Crippen LogP contribution in [0.1, 0.15) is 31.3 Å². The summed E-state index contributed by atoms with van der Waals surface area (Å²) in [5.41, 5.74) is 1.73. The summed E-state index contributed by atoms with van der Waals surface area (Å²) >= 11 is 3.44. The molecule has 8 heteroatoms. The summed E-state index contributed by atoms with van der Waals surface area (Å²) in [6.45, 7) is 4.41. The normalized spacial score (nSPS) is 11.8. The van der Waals surface area contributed by atoms with Crippen LogP contribution in [0.5, 0.6) is 5.75 Å². The van der Waals surface area contributed by atoms with E-state index in [0.29, 0.717) is 12.4 Å². The molecular formula is C19H20BrN5O2. The Bertz CT molecular complexity index is 910. The first-order valence-electron chi connectivity index (χ1n) is 8.62. The summed E-state index contributed by atoms with van der Waals surface area (Å²) < 4.78 is 7.96. The van der Waals surface area contributed by atoms with Gasteiger partial charge in [0.1, 0.15) is 5.75 Å². The Labute approximate surface area is 165 Å². The van der Waals surface area contributed by atoms with Crippen molar-refractivity contribution in [2.75, 3.05) is 6.61 Å². The highest BCUT2D eigenvalue weighted by molar-refractivity contribution is 9.10. The fourth-order valence-electron chi connectivity index (χ4n) is 2.67. The molecule has 1 unspecified atom stereocenters. The topological polar surface area (TPSA) is 81.9 Å². The molecule has 3 rings (SSSR count). The Morgan fingerprint density at radius 3 is 2.74 bits per heavy atom.